The summed E-state index contributed by atoms with van der Waals surface area (Å²) in [6, 6.07) is 13.7. The van der Waals surface area contributed by atoms with Gasteiger partial charge in [-0.25, -0.2) is 4.98 Å². The highest BCUT2D eigenvalue weighted by Crippen LogP contribution is 2.39. The van der Waals surface area contributed by atoms with Crippen LogP contribution in [0.15, 0.2) is 66.1 Å². The van der Waals surface area contributed by atoms with Gasteiger partial charge in [-0.05, 0) is 49.9 Å². The summed E-state index contributed by atoms with van der Waals surface area (Å²) in [5, 5.41) is 3.99. The molecule has 2 aliphatic rings. The number of benzene rings is 2. The summed E-state index contributed by atoms with van der Waals surface area (Å²) in [6.07, 6.45) is 3.04. The average molecular weight is 581 g/mol. The average Bonchev–Trinajstić information content (AvgIpc) is 3.03. The molecule has 1 N–H and O–H groups in total. The summed E-state index contributed by atoms with van der Waals surface area (Å²) in [4.78, 5) is 44.0. The Balaban J connectivity index is 1.32. The van der Waals surface area contributed by atoms with Gasteiger partial charge in [0.1, 0.15) is 17.1 Å². The number of nitrogens with one attached hydrogen (secondary N) is 1. The second kappa shape index (κ2) is 11.4. The van der Waals surface area contributed by atoms with Crippen LogP contribution in [0.4, 0.5) is 34.4 Å². The molecule has 2 aromatic heterocycles. The van der Waals surface area contributed by atoms with E-state index in [0.29, 0.717) is 36.1 Å². The van der Waals surface area contributed by atoms with E-state index in [1.807, 2.05) is 48.2 Å². The molecule has 0 unspecified atom stereocenters. The number of aromatic nitrogens is 3. The third-order valence-corrected chi connectivity index (χ3v) is 8.29. The van der Waals surface area contributed by atoms with E-state index in [9.17, 15) is 9.59 Å². The van der Waals surface area contributed by atoms with E-state index in [1.54, 1.807) is 29.8 Å². The van der Waals surface area contributed by atoms with Crippen LogP contribution in [0.2, 0.25) is 0 Å². The zero-order valence-corrected chi connectivity index (χ0v) is 25.0. The van der Waals surface area contributed by atoms with Crippen LogP contribution in [0.1, 0.15) is 5.56 Å². The maximum Gasteiger partial charge on any atom is 0.275 e. The lowest BCUT2D eigenvalue weighted by Crippen LogP contribution is -2.44. The van der Waals surface area contributed by atoms with Crippen molar-refractivity contribution in [3.63, 3.8) is 0 Å². The molecule has 1 amide bonds. The molecule has 0 spiro atoms. The van der Waals surface area contributed by atoms with Gasteiger partial charge in [0.25, 0.3) is 11.5 Å². The highest BCUT2D eigenvalue weighted by molar-refractivity contribution is 6.05. The van der Waals surface area contributed by atoms with Crippen LogP contribution in [-0.4, -0.2) is 78.8 Å². The molecule has 11 nitrogen and oxygen atoms in total. The van der Waals surface area contributed by atoms with Crippen molar-refractivity contribution < 1.29 is 9.53 Å². The Bertz CT molecular complexity index is 1780. The smallest absolute Gasteiger partial charge is 0.275 e. The standard InChI is InChI=1S/C32H36N8O3/c1-6-28(41)40-17-16-39(25-9-7-8-21(2)29(25)40)26-18-22-20-33-32(35-30(22)37(4)31(26)42)34-24-11-10-23(19-27(24)43-5)38-14-12-36(3)13-15-38/h6-11,18-20H,1,12-17H2,2-5H3,(H,33,34,35). The van der Waals surface area contributed by atoms with Gasteiger partial charge in [0, 0.05) is 69.7 Å². The molecular weight excluding hydrogens is 544 g/mol. The number of methoxy groups -OCH3 is 1. The van der Waals surface area contributed by atoms with Gasteiger partial charge in [0.15, 0.2) is 0 Å². The van der Waals surface area contributed by atoms with Crippen molar-refractivity contribution in [3.05, 3.63) is 77.2 Å². The molecule has 4 heterocycles. The Morgan fingerprint density at radius 1 is 1.02 bits per heavy atom. The normalized spacial score (nSPS) is 15.4. The van der Waals surface area contributed by atoms with Crippen molar-refractivity contribution in [3.8, 4) is 5.75 Å². The van der Waals surface area contributed by atoms with E-state index < -0.39 is 0 Å². The molecule has 1 fully saturated rings. The minimum absolute atomic E-state index is 0.166. The first-order valence-corrected chi connectivity index (χ1v) is 14.4. The van der Waals surface area contributed by atoms with E-state index in [2.05, 4.69) is 39.8 Å². The van der Waals surface area contributed by atoms with Crippen molar-refractivity contribution in [2.45, 2.75) is 6.92 Å². The summed E-state index contributed by atoms with van der Waals surface area (Å²) in [5.41, 5.74) is 5.18. The zero-order valence-electron chi connectivity index (χ0n) is 25.0. The Kier molecular flexibility index (Phi) is 7.49. The number of hydrogen-bond acceptors (Lipinski definition) is 9. The molecule has 222 valence electrons. The molecule has 11 heteroatoms. The fourth-order valence-electron chi connectivity index (χ4n) is 5.87. The van der Waals surface area contributed by atoms with Crippen molar-refractivity contribution in [1.82, 2.24) is 19.4 Å². The third-order valence-electron chi connectivity index (χ3n) is 8.29. The second-order valence-electron chi connectivity index (χ2n) is 11.0. The quantitative estimate of drug-likeness (QED) is 0.342. The number of amides is 1. The molecule has 1 saturated heterocycles. The lowest BCUT2D eigenvalue weighted by atomic mass is 10.1. The van der Waals surface area contributed by atoms with Crippen LogP contribution in [0.5, 0.6) is 5.75 Å². The monoisotopic (exact) mass is 580 g/mol. The number of nitrogens with zero attached hydrogens (tertiary/aromatic N) is 7. The van der Waals surface area contributed by atoms with Crippen LogP contribution in [-0.2, 0) is 11.8 Å². The second-order valence-corrected chi connectivity index (χ2v) is 11.0. The number of para-hydroxylation sites is 1. The predicted molar refractivity (Wildman–Crippen MR) is 172 cm³/mol. The fraction of sp³-hybridized carbons (Fsp3) is 0.312. The number of piperazine rings is 1. The number of aryl methyl sites for hydroxylation is 2. The van der Waals surface area contributed by atoms with Gasteiger partial charge < -0.3 is 29.7 Å². The van der Waals surface area contributed by atoms with Gasteiger partial charge in [-0.2, -0.15) is 4.98 Å². The van der Waals surface area contributed by atoms with Gasteiger partial charge in [-0.3, -0.25) is 14.2 Å². The van der Waals surface area contributed by atoms with E-state index in [0.717, 1.165) is 59.9 Å². The maximum atomic E-state index is 13.7. The van der Waals surface area contributed by atoms with Gasteiger partial charge in [-0.1, -0.05) is 18.7 Å². The van der Waals surface area contributed by atoms with E-state index in [1.165, 1.54) is 6.08 Å². The largest absolute Gasteiger partial charge is 0.494 e. The van der Waals surface area contributed by atoms with Gasteiger partial charge in [-0.15, -0.1) is 0 Å². The molecule has 0 atom stereocenters. The topological polar surface area (TPSA) is 99.1 Å². The molecular formula is C32H36N8O3. The molecule has 2 aliphatic heterocycles. The van der Waals surface area contributed by atoms with Gasteiger partial charge in [0.05, 0.1) is 24.2 Å². The number of carbonyl (C=O) groups is 1. The van der Waals surface area contributed by atoms with Crippen LogP contribution >= 0.6 is 0 Å². The zero-order chi connectivity index (χ0) is 30.2. The highest BCUT2D eigenvalue weighted by atomic mass is 16.5. The number of hydrogen-bond donors (Lipinski definition) is 1. The van der Waals surface area contributed by atoms with Crippen molar-refractivity contribution in [1.29, 1.82) is 0 Å². The Morgan fingerprint density at radius 3 is 2.56 bits per heavy atom. The number of rotatable bonds is 6. The maximum absolute atomic E-state index is 13.7. The molecule has 0 radical (unpaired) electrons. The van der Waals surface area contributed by atoms with Crippen molar-refractivity contribution in [2.24, 2.45) is 7.05 Å². The van der Waals surface area contributed by atoms with Crippen molar-refractivity contribution >= 4 is 51.3 Å². The summed E-state index contributed by atoms with van der Waals surface area (Å²) in [5.74, 6) is 0.881. The van der Waals surface area contributed by atoms with E-state index >= 15 is 0 Å². The molecule has 0 bridgehead atoms. The number of ether oxygens (including phenoxy) is 1. The lowest BCUT2D eigenvalue weighted by Gasteiger charge is -2.38. The molecule has 2 aromatic carbocycles. The van der Waals surface area contributed by atoms with Crippen LogP contribution in [0.3, 0.4) is 0 Å². The molecule has 4 aromatic rings. The summed E-state index contributed by atoms with van der Waals surface area (Å²) >= 11 is 0. The first kappa shape index (κ1) is 28.2. The SMILES string of the molecule is C=CC(=O)N1CCN(c2cc3cnc(Nc4ccc(N5CCN(C)CC5)cc4OC)nc3n(C)c2=O)c2cccc(C)c21. The Morgan fingerprint density at radius 2 is 1.81 bits per heavy atom. The van der Waals surface area contributed by atoms with Crippen LogP contribution in [0.25, 0.3) is 11.0 Å². The Labute approximate surface area is 250 Å². The lowest BCUT2D eigenvalue weighted by molar-refractivity contribution is -0.114. The first-order chi connectivity index (χ1) is 20.8. The number of pyridine rings is 1. The van der Waals surface area contributed by atoms with Gasteiger partial charge in [0.2, 0.25) is 5.95 Å². The first-order valence-electron chi connectivity index (χ1n) is 14.4. The molecule has 0 saturated carbocycles. The Hall–Kier alpha value is -4.90. The predicted octanol–water partition coefficient (Wildman–Crippen LogP) is 3.81. The van der Waals surface area contributed by atoms with E-state index in [4.69, 9.17) is 9.72 Å². The minimum atomic E-state index is -0.192. The van der Waals surface area contributed by atoms with E-state index in [-0.39, 0.29) is 11.5 Å². The number of likely N-dealkylation sites (N-methyl/N-ethyl adjacent to an activating group) is 1. The van der Waals surface area contributed by atoms with Crippen molar-refractivity contribution in [2.75, 3.05) is 73.4 Å². The number of anilines is 6. The fourth-order valence-corrected chi connectivity index (χ4v) is 5.87. The van der Waals surface area contributed by atoms with Crippen LogP contribution in [0, 0.1) is 6.92 Å². The molecule has 6 rings (SSSR count). The number of fused-ring (bicyclic) bond motifs is 2. The van der Waals surface area contributed by atoms with Crippen LogP contribution < -0.4 is 30.3 Å². The summed E-state index contributed by atoms with van der Waals surface area (Å²) in [7, 11) is 5.50. The highest BCUT2D eigenvalue weighted by Gasteiger charge is 2.29. The minimum Gasteiger partial charge on any atom is -0.494 e. The third kappa shape index (κ3) is 5.16. The summed E-state index contributed by atoms with van der Waals surface area (Å²) in [6.45, 7) is 10.5. The number of carbonyl (C=O) groups excluding carboxylic acids is 1. The van der Waals surface area contributed by atoms with Gasteiger partial charge >= 0.3 is 0 Å². The summed E-state index contributed by atoms with van der Waals surface area (Å²) < 4.78 is 7.25. The molecule has 43 heavy (non-hydrogen) atoms. The molecule has 0 aliphatic carbocycles.